The average Bonchev–Trinajstić information content (AvgIpc) is 3.20. The Balaban J connectivity index is 1.82. The maximum atomic E-state index is 5.87. The molecule has 0 spiro atoms. The molecule has 20 heavy (non-hydrogen) atoms. The van der Waals surface area contributed by atoms with Gasteiger partial charge in [-0.2, -0.15) is 0 Å². The molecule has 3 heteroatoms. The van der Waals surface area contributed by atoms with Gasteiger partial charge in [-0.25, -0.2) is 0 Å². The van der Waals surface area contributed by atoms with Crippen LogP contribution in [0, 0.1) is 12.8 Å². The quantitative estimate of drug-likeness (QED) is 0.742. The van der Waals surface area contributed by atoms with E-state index in [4.69, 9.17) is 10.5 Å². The Morgan fingerprint density at radius 2 is 2.15 bits per heavy atom. The highest BCUT2D eigenvalue weighted by Gasteiger charge is 2.20. The molecule has 0 saturated heterocycles. The predicted molar refractivity (Wildman–Crippen MR) is 85.3 cm³/mol. The molecule has 1 aromatic rings. The van der Waals surface area contributed by atoms with E-state index in [1.54, 1.807) is 0 Å². The van der Waals surface area contributed by atoms with Crippen LogP contribution < -0.4 is 10.6 Å². The summed E-state index contributed by atoms with van der Waals surface area (Å²) in [6.45, 7) is 6.92. The second-order valence-electron chi connectivity index (χ2n) is 6.23. The van der Waals surface area contributed by atoms with Gasteiger partial charge in [0.05, 0.1) is 6.61 Å². The molecule has 2 N–H and O–H groups in total. The highest BCUT2D eigenvalue weighted by molar-refractivity contribution is 5.50. The second kappa shape index (κ2) is 7.09. The Hall–Kier alpha value is -1.06. The molecule has 1 aliphatic rings. The summed E-state index contributed by atoms with van der Waals surface area (Å²) in [5.41, 5.74) is 9.80. The molecule has 1 atom stereocenters. The first-order chi connectivity index (χ1) is 9.56. The number of nitrogens with two attached hydrogens (primary N) is 1. The van der Waals surface area contributed by atoms with Crippen LogP contribution >= 0.6 is 0 Å². The fraction of sp³-hybridized carbons (Fsp3) is 0.647. The largest absolute Gasteiger partial charge is 0.379 e. The smallest absolute Gasteiger partial charge is 0.0641 e. The Morgan fingerprint density at radius 3 is 2.75 bits per heavy atom. The van der Waals surface area contributed by atoms with Crippen LogP contribution in [0.25, 0.3) is 0 Å². The third-order valence-corrected chi connectivity index (χ3v) is 3.93. The molecule has 0 amide bonds. The molecule has 0 heterocycles. The van der Waals surface area contributed by atoms with Crippen molar-refractivity contribution in [3.05, 3.63) is 29.3 Å². The van der Waals surface area contributed by atoms with E-state index < -0.39 is 0 Å². The zero-order valence-corrected chi connectivity index (χ0v) is 13.1. The molecule has 2 rings (SSSR count). The molecule has 1 aliphatic carbocycles. The summed E-state index contributed by atoms with van der Waals surface area (Å²) in [7, 11) is 2.13. The average molecular weight is 276 g/mol. The maximum absolute atomic E-state index is 5.87. The molecule has 0 aliphatic heterocycles. The fourth-order valence-corrected chi connectivity index (χ4v) is 2.36. The molecular weight excluding hydrogens is 248 g/mol. The lowest BCUT2D eigenvalue weighted by Gasteiger charge is -2.21. The van der Waals surface area contributed by atoms with Crippen molar-refractivity contribution in [2.75, 3.05) is 31.7 Å². The van der Waals surface area contributed by atoms with Crippen molar-refractivity contribution in [1.29, 1.82) is 0 Å². The summed E-state index contributed by atoms with van der Waals surface area (Å²) < 4.78 is 5.70. The van der Waals surface area contributed by atoms with Crippen LogP contribution in [0.2, 0.25) is 0 Å². The number of hydrogen-bond donors (Lipinski definition) is 1. The lowest BCUT2D eigenvalue weighted by molar-refractivity contribution is 0.131. The van der Waals surface area contributed by atoms with E-state index in [1.807, 2.05) is 0 Å². The van der Waals surface area contributed by atoms with Crippen molar-refractivity contribution in [1.82, 2.24) is 0 Å². The summed E-state index contributed by atoms with van der Waals surface area (Å²) in [5.74, 6) is 0.847. The summed E-state index contributed by atoms with van der Waals surface area (Å²) >= 11 is 0. The normalized spacial score (nSPS) is 16.2. The standard InChI is InChI=1S/C17H28N2O/c1-13-10-17(7-6-16(13)11-14(2)18)19(3)8-9-20-12-15-4-5-15/h6-7,10,14-15H,4-5,8-9,11-12,18H2,1-3H3. The van der Waals surface area contributed by atoms with Gasteiger partial charge in [0.25, 0.3) is 0 Å². The molecule has 1 aromatic carbocycles. The first-order valence-corrected chi connectivity index (χ1v) is 7.70. The van der Waals surface area contributed by atoms with Crippen molar-refractivity contribution >= 4 is 5.69 Å². The van der Waals surface area contributed by atoms with Crippen molar-refractivity contribution in [3.8, 4) is 0 Å². The molecule has 0 bridgehead atoms. The summed E-state index contributed by atoms with van der Waals surface area (Å²) in [6, 6.07) is 6.85. The minimum atomic E-state index is 0.216. The minimum absolute atomic E-state index is 0.216. The molecule has 3 nitrogen and oxygen atoms in total. The molecule has 0 aromatic heterocycles. The van der Waals surface area contributed by atoms with Gasteiger partial charge in [0, 0.05) is 31.9 Å². The van der Waals surface area contributed by atoms with Crippen molar-refractivity contribution < 1.29 is 4.74 Å². The first kappa shape index (κ1) is 15.3. The van der Waals surface area contributed by atoms with Gasteiger partial charge in [0.2, 0.25) is 0 Å². The van der Waals surface area contributed by atoms with Crippen LogP contribution in [0.15, 0.2) is 18.2 Å². The summed E-state index contributed by atoms with van der Waals surface area (Å²) in [4.78, 5) is 2.26. The van der Waals surface area contributed by atoms with E-state index in [-0.39, 0.29) is 6.04 Å². The Morgan fingerprint density at radius 1 is 1.40 bits per heavy atom. The number of benzene rings is 1. The van der Waals surface area contributed by atoms with Crippen LogP contribution in [-0.4, -0.2) is 32.8 Å². The number of ether oxygens (including phenoxy) is 1. The highest BCUT2D eigenvalue weighted by Crippen LogP contribution is 2.28. The topological polar surface area (TPSA) is 38.5 Å². The molecule has 0 radical (unpaired) electrons. The van der Waals surface area contributed by atoms with Gasteiger partial charge < -0.3 is 15.4 Å². The van der Waals surface area contributed by atoms with Crippen LogP contribution in [0.3, 0.4) is 0 Å². The van der Waals surface area contributed by atoms with Crippen molar-refractivity contribution in [2.45, 2.75) is 39.2 Å². The Bertz CT molecular complexity index is 427. The van der Waals surface area contributed by atoms with E-state index in [9.17, 15) is 0 Å². The number of hydrogen-bond acceptors (Lipinski definition) is 3. The fourth-order valence-electron chi connectivity index (χ4n) is 2.36. The van der Waals surface area contributed by atoms with Crippen LogP contribution in [0.1, 0.15) is 30.9 Å². The van der Waals surface area contributed by atoms with Gasteiger partial charge in [0.15, 0.2) is 0 Å². The minimum Gasteiger partial charge on any atom is -0.379 e. The van der Waals surface area contributed by atoms with Crippen LogP contribution in [0.4, 0.5) is 5.69 Å². The van der Waals surface area contributed by atoms with E-state index in [2.05, 4.69) is 44.0 Å². The van der Waals surface area contributed by atoms with Crippen LogP contribution in [-0.2, 0) is 11.2 Å². The molecular formula is C17H28N2O. The molecule has 112 valence electrons. The van der Waals surface area contributed by atoms with E-state index in [0.717, 1.165) is 32.1 Å². The number of anilines is 1. The third-order valence-electron chi connectivity index (χ3n) is 3.93. The second-order valence-corrected chi connectivity index (χ2v) is 6.23. The lowest BCUT2D eigenvalue weighted by Crippen LogP contribution is -2.23. The summed E-state index contributed by atoms with van der Waals surface area (Å²) in [5, 5.41) is 0. The predicted octanol–water partition coefficient (Wildman–Crippen LogP) is 2.75. The van der Waals surface area contributed by atoms with E-state index in [1.165, 1.54) is 29.7 Å². The van der Waals surface area contributed by atoms with Crippen molar-refractivity contribution in [2.24, 2.45) is 11.7 Å². The highest BCUT2D eigenvalue weighted by atomic mass is 16.5. The third kappa shape index (κ3) is 4.80. The number of aryl methyl sites for hydroxylation is 1. The Kier molecular flexibility index (Phi) is 5.44. The SMILES string of the molecule is Cc1cc(N(C)CCOCC2CC2)ccc1CC(C)N. The zero-order chi connectivity index (χ0) is 14.5. The van der Waals surface area contributed by atoms with E-state index >= 15 is 0 Å². The summed E-state index contributed by atoms with van der Waals surface area (Å²) in [6.07, 6.45) is 3.66. The molecule has 1 unspecified atom stereocenters. The van der Waals surface area contributed by atoms with Gasteiger partial charge in [-0.15, -0.1) is 0 Å². The van der Waals surface area contributed by atoms with Crippen molar-refractivity contribution in [3.63, 3.8) is 0 Å². The Labute approximate surface area is 123 Å². The molecule has 1 saturated carbocycles. The first-order valence-electron chi connectivity index (χ1n) is 7.70. The van der Waals surface area contributed by atoms with Gasteiger partial charge in [-0.3, -0.25) is 0 Å². The van der Waals surface area contributed by atoms with Gasteiger partial charge in [-0.1, -0.05) is 6.07 Å². The van der Waals surface area contributed by atoms with Gasteiger partial charge >= 0.3 is 0 Å². The maximum Gasteiger partial charge on any atom is 0.0641 e. The number of likely N-dealkylation sites (N-methyl/N-ethyl adjacent to an activating group) is 1. The van der Waals surface area contributed by atoms with E-state index in [0.29, 0.717) is 0 Å². The zero-order valence-electron chi connectivity index (χ0n) is 13.1. The lowest BCUT2D eigenvalue weighted by atomic mass is 10.0. The van der Waals surface area contributed by atoms with Gasteiger partial charge in [-0.05, 0) is 62.3 Å². The molecule has 1 fully saturated rings. The van der Waals surface area contributed by atoms with Gasteiger partial charge in [0.1, 0.15) is 0 Å². The monoisotopic (exact) mass is 276 g/mol. The van der Waals surface area contributed by atoms with Crippen LogP contribution in [0.5, 0.6) is 0 Å². The number of nitrogens with zero attached hydrogens (tertiary/aromatic N) is 1. The number of rotatable bonds is 8.